The molecule has 1 aliphatic carbocycles. The molecule has 8 heteroatoms. The summed E-state index contributed by atoms with van der Waals surface area (Å²) in [4.78, 5) is 0.486. The van der Waals surface area contributed by atoms with Crippen LogP contribution in [0.5, 0.6) is 0 Å². The summed E-state index contributed by atoms with van der Waals surface area (Å²) in [6, 6.07) is 7.27. The van der Waals surface area contributed by atoms with Crippen LogP contribution in [-0.4, -0.2) is 31.7 Å². The van der Waals surface area contributed by atoms with E-state index in [-0.39, 0.29) is 11.0 Å². The maximum atomic E-state index is 13.7. The Labute approximate surface area is 147 Å². The number of nitrogens with zero attached hydrogens (tertiary/aromatic N) is 1. The molecular weight excluding hydrogens is 360 g/mol. The summed E-state index contributed by atoms with van der Waals surface area (Å²) < 4.78 is 42.8. The van der Waals surface area contributed by atoms with Gasteiger partial charge >= 0.3 is 0 Å². The zero-order valence-electron chi connectivity index (χ0n) is 14.7. The highest BCUT2D eigenvalue weighted by molar-refractivity contribution is 8.03. The van der Waals surface area contributed by atoms with Crippen LogP contribution in [0.2, 0.25) is 25.7 Å². The van der Waals surface area contributed by atoms with Crippen molar-refractivity contribution in [3.05, 3.63) is 24.3 Å². The smallest absolute Gasteiger partial charge is 0.260 e. The number of rotatable bonds is 6. The second-order valence-electron chi connectivity index (χ2n) is 7.72. The first kappa shape index (κ1) is 19.5. The molecule has 0 bridgehead atoms. The van der Waals surface area contributed by atoms with Crippen LogP contribution < -0.4 is 5.73 Å². The molecule has 1 atom stereocenters. The SMILES string of the molecule is C[Si](C)(C)CCS(=O)(=O)N=S(=O)(c1ccc(N)cc1)C1CCCC1. The maximum absolute atomic E-state index is 13.7. The van der Waals surface area contributed by atoms with Crippen molar-refractivity contribution >= 4 is 33.5 Å². The Bertz CT molecular complexity index is 784. The lowest BCUT2D eigenvalue weighted by Crippen LogP contribution is -2.25. The maximum Gasteiger partial charge on any atom is 0.260 e. The first-order valence-electron chi connectivity index (χ1n) is 8.37. The normalized spacial score (nSPS) is 19.1. The fourth-order valence-electron chi connectivity index (χ4n) is 2.81. The highest BCUT2D eigenvalue weighted by Crippen LogP contribution is 2.32. The number of anilines is 1. The van der Waals surface area contributed by atoms with E-state index in [2.05, 4.69) is 23.4 Å². The third kappa shape index (κ3) is 5.06. The van der Waals surface area contributed by atoms with Crippen molar-refractivity contribution < 1.29 is 12.6 Å². The molecule has 0 radical (unpaired) electrons. The monoisotopic (exact) mass is 388 g/mol. The lowest BCUT2D eigenvalue weighted by atomic mass is 10.3. The summed E-state index contributed by atoms with van der Waals surface area (Å²) in [6.45, 7) is 6.37. The summed E-state index contributed by atoms with van der Waals surface area (Å²) in [7, 11) is -8.22. The van der Waals surface area contributed by atoms with Gasteiger partial charge in [0.05, 0.1) is 15.5 Å². The number of nitrogens with two attached hydrogens (primary N) is 1. The molecule has 0 aliphatic heterocycles. The Kier molecular flexibility index (Phi) is 5.82. The minimum absolute atomic E-state index is 0.0125. The van der Waals surface area contributed by atoms with Gasteiger partial charge in [0, 0.05) is 23.9 Å². The van der Waals surface area contributed by atoms with Crippen LogP contribution in [0.15, 0.2) is 32.9 Å². The van der Waals surface area contributed by atoms with E-state index in [1.54, 1.807) is 24.3 Å². The van der Waals surface area contributed by atoms with Gasteiger partial charge in [0.15, 0.2) is 0 Å². The molecule has 1 aromatic carbocycles. The molecular formula is C16H28N2O3S2Si. The number of hydrogen-bond acceptors (Lipinski definition) is 4. The van der Waals surface area contributed by atoms with Crippen LogP contribution in [0.1, 0.15) is 25.7 Å². The van der Waals surface area contributed by atoms with Crippen molar-refractivity contribution in [3.8, 4) is 0 Å². The van der Waals surface area contributed by atoms with Gasteiger partial charge < -0.3 is 5.73 Å². The second kappa shape index (κ2) is 7.17. The number of benzene rings is 1. The van der Waals surface area contributed by atoms with E-state index in [0.717, 1.165) is 25.7 Å². The lowest BCUT2D eigenvalue weighted by molar-refractivity contribution is 0.598. The Hall–Kier alpha value is -0.863. The standard InChI is InChI=1S/C16H28N2O3S2Si/c1-24(2,3)13-12-22(19,20)18-23(21,15-6-4-5-7-15)16-10-8-14(17)9-11-16/h8-11,15H,4-7,12-13,17H2,1-3H3. The fraction of sp³-hybridized carbons (Fsp3) is 0.625. The van der Waals surface area contributed by atoms with E-state index in [9.17, 15) is 12.6 Å². The third-order valence-corrected chi connectivity index (χ3v) is 11.3. The summed E-state index contributed by atoms with van der Waals surface area (Å²) >= 11 is 0. The van der Waals surface area contributed by atoms with Crippen molar-refractivity contribution in [2.45, 2.75) is 61.5 Å². The summed E-state index contributed by atoms with van der Waals surface area (Å²) in [5, 5.41) is -0.192. The first-order valence-corrected chi connectivity index (χ1v) is 15.3. The van der Waals surface area contributed by atoms with E-state index in [1.807, 2.05) is 0 Å². The van der Waals surface area contributed by atoms with Crippen molar-refractivity contribution in [2.24, 2.45) is 3.77 Å². The molecule has 24 heavy (non-hydrogen) atoms. The largest absolute Gasteiger partial charge is 0.399 e. The van der Waals surface area contributed by atoms with E-state index >= 15 is 0 Å². The highest BCUT2D eigenvalue weighted by atomic mass is 32.3. The molecule has 1 unspecified atom stereocenters. The Balaban J connectivity index is 2.46. The Morgan fingerprint density at radius 3 is 2.12 bits per heavy atom. The summed E-state index contributed by atoms with van der Waals surface area (Å²) in [5.74, 6) is -0.0125. The van der Waals surface area contributed by atoms with Crippen molar-refractivity contribution in [1.82, 2.24) is 0 Å². The molecule has 1 fully saturated rings. The number of hydrogen-bond donors (Lipinski definition) is 1. The molecule has 0 heterocycles. The minimum Gasteiger partial charge on any atom is -0.399 e. The molecule has 2 N–H and O–H groups in total. The van der Waals surface area contributed by atoms with Crippen molar-refractivity contribution in [2.75, 3.05) is 11.5 Å². The van der Waals surface area contributed by atoms with Gasteiger partial charge in [-0.2, -0.15) is 0 Å². The van der Waals surface area contributed by atoms with Crippen LogP contribution in [-0.2, 0) is 19.8 Å². The predicted octanol–water partition coefficient (Wildman–Crippen LogP) is 3.71. The molecule has 0 saturated heterocycles. The quantitative estimate of drug-likeness (QED) is 0.594. The molecule has 5 nitrogen and oxygen atoms in total. The molecule has 136 valence electrons. The van der Waals surface area contributed by atoms with Gasteiger partial charge in [0.1, 0.15) is 0 Å². The molecule has 1 saturated carbocycles. The van der Waals surface area contributed by atoms with Crippen LogP contribution in [0, 0.1) is 0 Å². The van der Waals surface area contributed by atoms with Crippen LogP contribution >= 0.6 is 0 Å². The molecule has 0 aromatic heterocycles. The van der Waals surface area contributed by atoms with Gasteiger partial charge in [-0.05, 0) is 43.2 Å². The molecule has 0 spiro atoms. The average molecular weight is 389 g/mol. The van der Waals surface area contributed by atoms with Gasteiger partial charge in [0.2, 0.25) is 0 Å². The topological polar surface area (TPSA) is 89.6 Å². The van der Waals surface area contributed by atoms with E-state index in [4.69, 9.17) is 5.73 Å². The van der Waals surface area contributed by atoms with Gasteiger partial charge in [-0.15, -0.1) is 3.77 Å². The number of nitrogen functional groups attached to an aromatic ring is 1. The van der Waals surface area contributed by atoms with Gasteiger partial charge in [-0.1, -0.05) is 32.5 Å². The minimum atomic E-state index is -3.72. The summed E-state index contributed by atoms with van der Waals surface area (Å²) in [6.07, 6.45) is 3.47. The van der Waals surface area contributed by atoms with Gasteiger partial charge in [0.25, 0.3) is 10.0 Å². The highest BCUT2D eigenvalue weighted by Gasteiger charge is 2.31. The zero-order chi connectivity index (χ0) is 18.0. The van der Waals surface area contributed by atoms with Crippen molar-refractivity contribution in [3.63, 3.8) is 0 Å². The van der Waals surface area contributed by atoms with Crippen molar-refractivity contribution in [1.29, 1.82) is 0 Å². The van der Waals surface area contributed by atoms with E-state index in [1.165, 1.54) is 0 Å². The molecule has 0 amide bonds. The first-order chi connectivity index (χ1) is 11.0. The predicted molar refractivity (Wildman–Crippen MR) is 104 cm³/mol. The fourth-order valence-corrected chi connectivity index (χ4v) is 10.7. The lowest BCUT2D eigenvalue weighted by Gasteiger charge is -2.18. The number of sulfonamides is 1. The van der Waals surface area contributed by atoms with Gasteiger partial charge in [-0.25, -0.2) is 12.6 Å². The van der Waals surface area contributed by atoms with Gasteiger partial charge in [-0.3, -0.25) is 0 Å². The molecule has 1 aromatic rings. The van der Waals surface area contributed by atoms with E-state index in [0.29, 0.717) is 16.6 Å². The van der Waals surface area contributed by atoms with Crippen LogP contribution in [0.25, 0.3) is 0 Å². The third-order valence-electron chi connectivity index (χ3n) is 4.31. The summed E-state index contributed by atoms with van der Waals surface area (Å²) in [5.41, 5.74) is 6.27. The van der Waals surface area contributed by atoms with Crippen LogP contribution in [0.3, 0.4) is 0 Å². The Morgan fingerprint density at radius 1 is 1.08 bits per heavy atom. The zero-order valence-corrected chi connectivity index (χ0v) is 17.3. The average Bonchev–Trinajstić information content (AvgIpc) is 2.99. The second-order valence-corrected chi connectivity index (χ2v) is 17.8. The van der Waals surface area contributed by atoms with Crippen LogP contribution in [0.4, 0.5) is 5.69 Å². The Morgan fingerprint density at radius 2 is 1.62 bits per heavy atom. The van der Waals surface area contributed by atoms with E-state index < -0.39 is 27.8 Å². The molecule has 2 rings (SSSR count). The molecule has 1 aliphatic rings.